The van der Waals surface area contributed by atoms with Crippen molar-refractivity contribution >= 4 is 5.91 Å². The molecule has 3 rings (SSSR count). The molecule has 0 aromatic rings. The fourth-order valence-corrected chi connectivity index (χ4v) is 3.57. The van der Waals surface area contributed by atoms with E-state index in [1.807, 2.05) is 0 Å². The number of carbonyl (C=O) groups is 1. The maximum absolute atomic E-state index is 12.1. The molecule has 1 amide bonds. The van der Waals surface area contributed by atoms with Crippen LogP contribution in [0.4, 0.5) is 0 Å². The molecule has 4 nitrogen and oxygen atoms in total. The molecule has 4 unspecified atom stereocenters. The van der Waals surface area contributed by atoms with E-state index in [0.717, 1.165) is 38.6 Å². The van der Waals surface area contributed by atoms with Crippen molar-refractivity contribution in [2.75, 3.05) is 26.3 Å². The Morgan fingerprint density at radius 1 is 1.35 bits per heavy atom. The molecule has 3 aliphatic rings. The highest BCUT2D eigenvalue weighted by Gasteiger charge is 2.42. The minimum Gasteiger partial charge on any atom is -0.381 e. The maximum atomic E-state index is 12.1. The molecule has 0 radical (unpaired) electrons. The fourth-order valence-electron chi connectivity index (χ4n) is 3.57. The molecule has 2 aliphatic heterocycles. The van der Waals surface area contributed by atoms with E-state index in [1.54, 1.807) is 0 Å². The molecule has 1 saturated carbocycles. The van der Waals surface area contributed by atoms with E-state index in [2.05, 4.69) is 10.6 Å². The number of nitrogens with one attached hydrogen (secondary N) is 2. The average molecular weight is 238 g/mol. The standard InChI is InChI=1S/C13H22N2O2/c16-13(15-6-9-4-5-17-8-9)12-11-3-1-2-10(11)7-14-12/h9-12,14H,1-8H2,(H,15,16). The molecule has 2 N–H and O–H groups in total. The van der Waals surface area contributed by atoms with Crippen molar-refractivity contribution < 1.29 is 9.53 Å². The Morgan fingerprint density at radius 2 is 2.29 bits per heavy atom. The van der Waals surface area contributed by atoms with Gasteiger partial charge in [-0.05, 0) is 37.6 Å². The van der Waals surface area contributed by atoms with E-state index < -0.39 is 0 Å². The number of fused-ring (bicyclic) bond motifs is 1. The zero-order valence-corrected chi connectivity index (χ0v) is 10.3. The van der Waals surface area contributed by atoms with Crippen molar-refractivity contribution in [3.8, 4) is 0 Å². The van der Waals surface area contributed by atoms with Crippen LogP contribution in [0.15, 0.2) is 0 Å². The highest BCUT2D eigenvalue weighted by molar-refractivity contribution is 5.82. The Labute approximate surface area is 102 Å². The lowest BCUT2D eigenvalue weighted by molar-refractivity contribution is -0.123. The van der Waals surface area contributed by atoms with Gasteiger partial charge in [0.15, 0.2) is 0 Å². The number of hydrogen-bond acceptors (Lipinski definition) is 3. The van der Waals surface area contributed by atoms with Crippen LogP contribution in [0.1, 0.15) is 25.7 Å². The Bertz CT molecular complexity index is 289. The number of amides is 1. The smallest absolute Gasteiger partial charge is 0.237 e. The third-order valence-corrected chi connectivity index (χ3v) is 4.62. The van der Waals surface area contributed by atoms with Gasteiger partial charge >= 0.3 is 0 Å². The van der Waals surface area contributed by atoms with E-state index in [0.29, 0.717) is 11.8 Å². The molecule has 17 heavy (non-hydrogen) atoms. The third-order valence-electron chi connectivity index (χ3n) is 4.62. The second kappa shape index (κ2) is 4.94. The van der Waals surface area contributed by atoms with Gasteiger partial charge in [-0.15, -0.1) is 0 Å². The Morgan fingerprint density at radius 3 is 3.12 bits per heavy atom. The first-order chi connectivity index (χ1) is 8.34. The van der Waals surface area contributed by atoms with Crippen LogP contribution in [-0.2, 0) is 9.53 Å². The summed E-state index contributed by atoms with van der Waals surface area (Å²) in [5.74, 6) is 2.08. The molecule has 2 saturated heterocycles. The van der Waals surface area contributed by atoms with Crippen molar-refractivity contribution in [2.24, 2.45) is 17.8 Å². The number of ether oxygens (including phenoxy) is 1. The van der Waals surface area contributed by atoms with Gasteiger partial charge in [0.05, 0.1) is 12.6 Å². The van der Waals surface area contributed by atoms with Gasteiger partial charge in [-0.3, -0.25) is 4.79 Å². The zero-order valence-electron chi connectivity index (χ0n) is 10.3. The first-order valence-corrected chi connectivity index (χ1v) is 6.93. The van der Waals surface area contributed by atoms with Gasteiger partial charge in [0, 0.05) is 19.1 Å². The van der Waals surface area contributed by atoms with Crippen LogP contribution >= 0.6 is 0 Å². The topological polar surface area (TPSA) is 50.4 Å². The summed E-state index contributed by atoms with van der Waals surface area (Å²) in [7, 11) is 0. The molecule has 2 heterocycles. The molecule has 0 spiro atoms. The summed E-state index contributed by atoms with van der Waals surface area (Å²) in [5, 5.41) is 6.49. The Balaban J connectivity index is 1.48. The van der Waals surface area contributed by atoms with Gasteiger partial charge in [0.25, 0.3) is 0 Å². The van der Waals surface area contributed by atoms with Crippen LogP contribution < -0.4 is 10.6 Å². The van der Waals surface area contributed by atoms with E-state index in [1.165, 1.54) is 19.3 Å². The van der Waals surface area contributed by atoms with Crippen molar-refractivity contribution in [1.29, 1.82) is 0 Å². The predicted molar refractivity (Wildman–Crippen MR) is 64.6 cm³/mol. The van der Waals surface area contributed by atoms with Gasteiger partial charge < -0.3 is 15.4 Å². The molecule has 4 atom stereocenters. The lowest BCUT2D eigenvalue weighted by atomic mass is 9.93. The molecular weight excluding hydrogens is 216 g/mol. The average Bonchev–Trinajstić information content (AvgIpc) is 3.02. The summed E-state index contributed by atoms with van der Waals surface area (Å²) < 4.78 is 5.32. The van der Waals surface area contributed by atoms with E-state index in [-0.39, 0.29) is 11.9 Å². The summed E-state index contributed by atoms with van der Waals surface area (Å²) in [5.41, 5.74) is 0. The highest BCUT2D eigenvalue weighted by Crippen LogP contribution is 2.37. The van der Waals surface area contributed by atoms with Crippen molar-refractivity contribution in [1.82, 2.24) is 10.6 Å². The lowest BCUT2D eigenvalue weighted by Gasteiger charge is -2.18. The summed E-state index contributed by atoms with van der Waals surface area (Å²) >= 11 is 0. The fraction of sp³-hybridized carbons (Fsp3) is 0.923. The van der Waals surface area contributed by atoms with Crippen LogP contribution in [0.2, 0.25) is 0 Å². The zero-order chi connectivity index (χ0) is 11.7. The summed E-state index contributed by atoms with van der Waals surface area (Å²) in [6.45, 7) is 3.49. The van der Waals surface area contributed by atoms with Gasteiger partial charge in [-0.2, -0.15) is 0 Å². The second-order valence-corrected chi connectivity index (χ2v) is 5.72. The van der Waals surface area contributed by atoms with Gasteiger partial charge in [-0.25, -0.2) is 0 Å². The van der Waals surface area contributed by atoms with Crippen LogP contribution in [0.25, 0.3) is 0 Å². The largest absolute Gasteiger partial charge is 0.381 e. The molecule has 96 valence electrons. The number of carbonyl (C=O) groups excluding carboxylic acids is 1. The minimum atomic E-state index is 0.0739. The van der Waals surface area contributed by atoms with Crippen molar-refractivity contribution in [3.05, 3.63) is 0 Å². The van der Waals surface area contributed by atoms with Crippen molar-refractivity contribution in [3.63, 3.8) is 0 Å². The quantitative estimate of drug-likeness (QED) is 0.754. The molecular formula is C13H22N2O2. The summed E-state index contributed by atoms with van der Waals surface area (Å²) in [6, 6.07) is 0.0739. The van der Waals surface area contributed by atoms with E-state index >= 15 is 0 Å². The second-order valence-electron chi connectivity index (χ2n) is 5.72. The van der Waals surface area contributed by atoms with Gasteiger partial charge in [0.2, 0.25) is 5.91 Å². The first kappa shape index (κ1) is 11.5. The number of hydrogen-bond donors (Lipinski definition) is 2. The van der Waals surface area contributed by atoms with Crippen LogP contribution in [0.5, 0.6) is 0 Å². The molecule has 3 fully saturated rings. The molecule has 0 bridgehead atoms. The van der Waals surface area contributed by atoms with Crippen LogP contribution in [0.3, 0.4) is 0 Å². The summed E-state index contributed by atoms with van der Waals surface area (Å²) in [6.07, 6.45) is 4.92. The molecule has 0 aromatic heterocycles. The van der Waals surface area contributed by atoms with E-state index in [4.69, 9.17) is 4.74 Å². The predicted octanol–water partition coefficient (Wildman–Crippen LogP) is 0.527. The van der Waals surface area contributed by atoms with Crippen molar-refractivity contribution in [2.45, 2.75) is 31.7 Å². The maximum Gasteiger partial charge on any atom is 0.237 e. The monoisotopic (exact) mass is 238 g/mol. The van der Waals surface area contributed by atoms with Gasteiger partial charge in [0.1, 0.15) is 0 Å². The van der Waals surface area contributed by atoms with E-state index in [9.17, 15) is 4.79 Å². The van der Waals surface area contributed by atoms with Crippen LogP contribution in [-0.4, -0.2) is 38.3 Å². The molecule has 1 aliphatic carbocycles. The molecule has 4 heteroatoms. The Hall–Kier alpha value is -0.610. The summed E-state index contributed by atoms with van der Waals surface area (Å²) in [4.78, 5) is 12.1. The van der Waals surface area contributed by atoms with Crippen LogP contribution in [0, 0.1) is 17.8 Å². The molecule has 0 aromatic carbocycles. The van der Waals surface area contributed by atoms with Gasteiger partial charge in [-0.1, -0.05) is 6.42 Å². The Kier molecular flexibility index (Phi) is 3.34. The number of rotatable bonds is 3. The third kappa shape index (κ3) is 2.33. The minimum absolute atomic E-state index is 0.0739. The first-order valence-electron chi connectivity index (χ1n) is 6.93. The highest BCUT2D eigenvalue weighted by atomic mass is 16.5. The SMILES string of the molecule is O=C(NCC1CCOC1)C1NCC2CCCC21. The normalized spacial score (nSPS) is 40.5. The lowest BCUT2D eigenvalue weighted by Crippen LogP contribution is -2.45.